The molecule has 38 heavy (non-hydrogen) atoms. The summed E-state index contributed by atoms with van der Waals surface area (Å²) in [6.07, 6.45) is 3.54. The molecule has 3 aromatic rings. The van der Waals surface area contributed by atoms with E-state index >= 15 is 0 Å². The molecule has 0 atom stereocenters. The van der Waals surface area contributed by atoms with E-state index in [0.717, 1.165) is 45.8 Å². The van der Waals surface area contributed by atoms with Crippen molar-refractivity contribution in [3.05, 3.63) is 75.1 Å². The number of nitrogens with zero attached hydrogens (tertiary/aromatic N) is 2. The molecule has 2 fully saturated rings. The third kappa shape index (κ3) is 5.59. The number of amides is 3. The molecule has 3 aromatic carbocycles. The first-order valence-electron chi connectivity index (χ1n) is 12.5. The Bertz CT molecular complexity index is 1430. The summed E-state index contributed by atoms with van der Waals surface area (Å²) in [5.74, 6) is 0.436. The standard InChI is InChI=1S/C29H27BrN2O5S/c1-2-36-24-14-21(15-26-28(34)32(29(35)38-26)17-27(33)31-12-5-6-13-31)23(30)16-25(24)37-18-20-10-7-9-19-8-3-4-11-22(19)20/h3-4,7-11,14-16H,2,5-6,12-13,17-18H2,1H3/b26-15+. The van der Waals surface area contributed by atoms with Gasteiger partial charge in [0.05, 0.1) is 11.5 Å². The van der Waals surface area contributed by atoms with Crippen molar-refractivity contribution in [2.75, 3.05) is 26.2 Å². The Kier molecular flexibility index (Phi) is 8.04. The monoisotopic (exact) mass is 594 g/mol. The number of ether oxygens (including phenoxy) is 2. The van der Waals surface area contributed by atoms with Gasteiger partial charge >= 0.3 is 0 Å². The van der Waals surface area contributed by atoms with Gasteiger partial charge in [0.25, 0.3) is 11.1 Å². The largest absolute Gasteiger partial charge is 0.490 e. The van der Waals surface area contributed by atoms with Gasteiger partial charge in [0.2, 0.25) is 5.91 Å². The maximum absolute atomic E-state index is 13.0. The minimum Gasteiger partial charge on any atom is -0.490 e. The average Bonchev–Trinajstić information content (AvgIpc) is 3.55. The molecule has 0 bridgehead atoms. The molecule has 0 unspecified atom stereocenters. The van der Waals surface area contributed by atoms with E-state index in [2.05, 4.69) is 34.1 Å². The summed E-state index contributed by atoms with van der Waals surface area (Å²) in [4.78, 5) is 41.1. The van der Waals surface area contributed by atoms with Crippen LogP contribution < -0.4 is 9.47 Å². The van der Waals surface area contributed by atoms with E-state index in [1.165, 1.54) is 0 Å². The Morgan fingerprint density at radius 2 is 1.76 bits per heavy atom. The van der Waals surface area contributed by atoms with Crippen LogP contribution in [-0.4, -0.2) is 53.1 Å². The van der Waals surface area contributed by atoms with Gasteiger partial charge in [0.15, 0.2) is 11.5 Å². The molecule has 0 saturated carbocycles. The number of imide groups is 1. The number of likely N-dealkylation sites (tertiary alicyclic amines) is 1. The van der Waals surface area contributed by atoms with Crippen LogP contribution >= 0.6 is 27.7 Å². The fraction of sp³-hybridized carbons (Fsp3) is 0.276. The predicted molar refractivity (Wildman–Crippen MR) is 152 cm³/mol. The highest BCUT2D eigenvalue weighted by molar-refractivity contribution is 9.10. The number of thioether (sulfide) groups is 1. The Morgan fingerprint density at radius 3 is 2.55 bits per heavy atom. The van der Waals surface area contributed by atoms with Crippen molar-refractivity contribution in [3.63, 3.8) is 0 Å². The molecule has 2 aliphatic rings. The smallest absolute Gasteiger partial charge is 0.294 e. The minimum absolute atomic E-state index is 0.196. The lowest BCUT2D eigenvalue weighted by Crippen LogP contribution is -2.40. The number of carbonyl (C=O) groups is 3. The number of hydrogen-bond donors (Lipinski definition) is 0. The fourth-order valence-corrected chi connectivity index (χ4v) is 5.86. The van der Waals surface area contributed by atoms with Crippen LogP contribution in [0.25, 0.3) is 16.8 Å². The molecule has 5 rings (SSSR count). The topological polar surface area (TPSA) is 76.2 Å². The van der Waals surface area contributed by atoms with Crippen molar-refractivity contribution in [3.8, 4) is 11.5 Å². The van der Waals surface area contributed by atoms with Crippen LogP contribution in [0.3, 0.4) is 0 Å². The van der Waals surface area contributed by atoms with Crippen molar-refractivity contribution < 1.29 is 23.9 Å². The van der Waals surface area contributed by atoms with Crippen molar-refractivity contribution in [2.24, 2.45) is 0 Å². The van der Waals surface area contributed by atoms with Gasteiger partial charge in [0.1, 0.15) is 13.2 Å². The summed E-state index contributed by atoms with van der Waals surface area (Å²) in [6, 6.07) is 17.9. The zero-order valence-corrected chi connectivity index (χ0v) is 23.3. The Labute approximate surface area is 233 Å². The summed E-state index contributed by atoms with van der Waals surface area (Å²) in [7, 11) is 0. The molecule has 2 heterocycles. The maximum atomic E-state index is 13.0. The molecular formula is C29H27BrN2O5S. The molecule has 0 radical (unpaired) electrons. The number of hydrogen-bond acceptors (Lipinski definition) is 6. The van der Waals surface area contributed by atoms with Crippen LogP contribution in [0.15, 0.2) is 64.0 Å². The Balaban J connectivity index is 1.35. The lowest BCUT2D eigenvalue weighted by Gasteiger charge is -2.18. The molecular weight excluding hydrogens is 568 g/mol. The number of halogens is 1. The normalized spacial score (nSPS) is 16.6. The van der Waals surface area contributed by atoms with Crippen LogP contribution in [0.5, 0.6) is 11.5 Å². The lowest BCUT2D eigenvalue weighted by molar-refractivity contribution is -0.135. The second kappa shape index (κ2) is 11.6. The maximum Gasteiger partial charge on any atom is 0.294 e. The van der Waals surface area contributed by atoms with Crippen LogP contribution in [0.4, 0.5) is 4.79 Å². The first kappa shape index (κ1) is 26.3. The number of rotatable bonds is 8. The first-order valence-corrected chi connectivity index (χ1v) is 14.1. The summed E-state index contributed by atoms with van der Waals surface area (Å²) < 4.78 is 12.7. The van der Waals surface area contributed by atoms with E-state index in [1.807, 2.05) is 37.3 Å². The number of benzene rings is 3. The highest BCUT2D eigenvalue weighted by Gasteiger charge is 2.37. The van der Waals surface area contributed by atoms with Crippen LogP contribution in [-0.2, 0) is 16.2 Å². The van der Waals surface area contributed by atoms with Gasteiger partial charge in [-0.15, -0.1) is 0 Å². The SMILES string of the molecule is CCOc1cc(/C=C2/SC(=O)N(CC(=O)N3CCCC3)C2=O)c(Br)cc1OCc1cccc2ccccc12. The van der Waals surface area contributed by atoms with Crippen molar-refractivity contribution >= 4 is 61.6 Å². The summed E-state index contributed by atoms with van der Waals surface area (Å²) in [5.41, 5.74) is 1.73. The van der Waals surface area contributed by atoms with Crippen LogP contribution in [0, 0.1) is 0 Å². The number of carbonyl (C=O) groups excluding carboxylic acids is 3. The second-order valence-electron chi connectivity index (χ2n) is 9.04. The molecule has 2 saturated heterocycles. The van der Waals surface area contributed by atoms with E-state index in [9.17, 15) is 14.4 Å². The van der Waals surface area contributed by atoms with E-state index < -0.39 is 11.1 Å². The third-order valence-corrected chi connectivity index (χ3v) is 8.13. The number of fused-ring (bicyclic) bond motifs is 1. The molecule has 0 aromatic heterocycles. The van der Waals surface area contributed by atoms with Crippen molar-refractivity contribution in [1.29, 1.82) is 0 Å². The first-order chi connectivity index (χ1) is 18.4. The van der Waals surface area contributed by atoms with Gasteiger partial charge in [-0.2, -0.15) is 0 Å². The van der Waals surface area contributed by atoms with E-state index in [1.54, 1.807) is 17.0 Å². The van der Waals surface area contributed by atoms with E-state index in [0.29, 0.717) is 47.8 Å². The van der Waals surface area contributed by atoms with Crippen molar-refractivity contribution in [2.45, 2.75) is 26.4 Å². The zero-order chi connectivity index (χ0) is 26.6. The van der Waals surface area contributed by atoms with Gasteiger partial charge in [-0.05, 0) is 71.6 Å². The highest BCUT2D eigenvalue weighted by Crippen LogP contribution is 2.38. The molecule has 3 amide bonds. The summed E-state index contributed by atoms with van der Waals surface area (Å²) in [5, 5.41) is 1.83. The average molecular weight is 596 g/mol. The van der Waals surface area contributed by atoms with Gasteiger partial charge in [-0.25, -0.2) is 0 Å². The summed E-state index contributed by atoms with van der Waals surface area (Å²) in [6.45, 7) is 3.80. The van der Waals surface area contributed by atoms with E-state index in [4.69, 9.17) is 9.47 Å². The molecule has 2 aliphatic heterocycles. The fourth-order valence-electron chi connectivity index (χ4n) is 4.60. The van der Waals surface area contributed by atoms with Crippen LogP contribution in [0.1, 0.15) is 30.9 Å². The van der Waals surface area contributed by atoms with Crippen molar-refractivity contribution in [1.82, 2.24) is 9.80 Å². The molecule has 0 spiro atoms. The predicted octanol–water partition coefficient (Wildman–Crippen LogP) is 6.24. The molecule has 9 heteroatoms. The Hall–Kier alpha value is -3.30. The molecule has 0 aliphatic carbocycles. The molecule has 196 valence electrons. The summed E-state index contributed by atoms with van der Waals surface area (Å²) >= 11 is 4.42. The lowest BCUT2D eigenvalue weighted by atomic mass is 10.1. The van der Waals surface area contributed by atoms with Gasteiger partial charge in [0, 0.05) is 17.6 Å². The Morgan fingerprint density at radius 1 is 1.03 bits per heavy atom. The second-order valence-corrected chi connectivity index (χ2v) is 10.9. The van der Waals surface area contributed by atoms with Gasteiger partial charge in [-0.1, -0.05) is 58.4 Å². The quantitative estimate of drug-likeness (QED) is 0.287. The zero-order valence-electron chi connectivity index (χ0n) is 20.9. The van der Waals surface area contributed by atoms with E-state index in [-0.39, 0.29) is 17.4 Å². The minimum atomic E-state index is -0.464. The molecule has 7 nitrogen and oxygen atoms in total. The third-order valence-electron chi connectivity index (χ3n) is 6.54. The van der Waals surface area contributed by atoms with Crippen LogP contribution in [0.2, 0.25) is 0 Å². The van der Waals surface area contributed by atoms with Gasteiger partial charge in [-0.3, -0.25) is 19.3 Å². The highest BCUT2D eigenvalue weighted by atomic mass is 79.9. The molecule has 0 N–H and O–H groups in total. The van der Waals surface area contributed by atoms with Gasteiger partial charge < -0.3 is 14.4 Å².